The molecular formula is C15H23N4S+. The second-order valence-electron chi connectivity index (χ2n) is 5.25. The SMILES string of the molecule is C[NH+](C)CCNC(=S)NCCc1c[nH]c2ccccc12. The normalized spacial score (nSPS) is 10.9. The number of nitrogens with one attached hydrogen (secondary N) is 4. The minimum atomic E-state index is 0.742. The van der Waals surface area contributed by atoms with E-state index in [-0.39, 0.29) is 0 Å². The maximum absolute atomic E-state index is 5.26. The number of benzene rings is 1. The van der Waals surface area contributed by atoms with Gasteiger partial charge in [-0.25, -0.2) is 0 Å². The minimum absolute atomic E-state index is 0.742. The van der Waals surface area contributed by atoms with Gasteiger partial charge in [-0.3, -0.25) is 0 Å². The molecule has 0 bridgehead atoms. The first-order valence-electron chi connectivity index (χ1n) is 7.02. The zero-order valence-electron chi connectivity index (χ0n) is 12.1. The Bertz CT molecular complexity index is 562. The molecule has 5 heteroatoms. The third-order valence-corrected chi connectivity index (χ3v) is 3.55. The molecule has 0 aliphatic carbocycles. The van der Waals surface area contributed by atoms with Crippen molar-refractivity contribution in [2.45, 2.75) is 6.42 Å². The van der Waals surface area contributed by atoms with Crippen LogP contribution in [0.4, 0.5) is 0 Å². The van der Waals surface area contributed by atoms with Gasteiger partial charge in [0.1, 0.15) is 0 Å². The van der Waals surface area contributed by atoms with E-state index in [0.29, 0.717) is 0 Å². The Labute approximate surface area is 125 Å². The molecule has 2 aromatic rings. The van der Waals surface area contributed by atoms with E-state index in [4.69, 9.17) is 12.2 Å². The van der Waals surface area contributed by atoms with Crippen LogP contribution in [-0.4, -0.2) is 43.8 Å². The fraction of sp³-hybridized carbons (Fsp3) is 0.400. The lowest BCUT2D eigenvalue weighted by molar-refractivity contribution is -0.856. The molecule has 1 heterocycles. The molecule has 0 aliphatic rings. The molecule has 0 atom stereocenters. The molecule has 4 nitrogen and oxygen atoms in total. The van der Waals surface area contributed by atoms with Crippen molar-refractivity contribution in [2.75, 3.05) is 33.7 Å². The van der Waals surface area contributed by atoms with Gasteiger partial charge < -0.3 is 20.5 Å². The Morgan fingerprint density at radius 1 is 1.20 bits per heavy atom. The fourth-order valence-corrected chi connectivity index (χ4v) is 2.34. The standard InChI is InChI=1S/C15H22N4S/c1-19(2)10-9-17-15(20)16-8-7-12-11-18-14-6-4-3-5-13(12)14/h3-6,11,18H,7-10H2,1-2H3,(H2,16,17,20)/p+1. The van der Waals surface area contributed by atoms with Crippen molar-refractivity contribution < 1.29 is 4.90 Å². The molecule has 20 heavy (non-hydrogen) atoms. The number of rotatable bonds is 6. The Morgan fingerprint density at radius 3 is 2.75 bits per heavy atom. The summed E-state index contributed by atoms with van der Waals surface area (Å²) in [5.41, 5.74) is 2.52. The largest absolute Gasteiger partial charge is 0.362 e. The van der Waals surface area contributed by atoms with Crippen LogP contribution < -0.4 is 15.5 Å². The average Bonchev–Trinajstić information content (AvgIpc) is 2.82. The van der Waals surface area contributed by atoms with Crippen LogP contribution in [0.15, 0.2) is 30.5 Å². The number of hydrogen-bond donors (Lipinski definition) is 4. The van der Waals surface area contributed by atoms with E-state index in [0.717, 1.165) is 31.2 Å². The summed E-state index contributed by atoms with van der Waals surface area (Å²) in [7, 11) is 4.27. The third-order valence-electron chi connectivity index (χ3n) is 3.27. The van der Waals surface area contributed by atoms with Crippen molar-refractivity contribution in [1.29, 1.82) is 0 Å². The predicted molar refractivity (Wildman–Crippen MR) is 88.3 cm³/mol. The van der Waals surface area contributed by atoms with Crippen LogP contribution in [0.2, 0.25) is 0 Å². The molecule has 2 rings (SSSR count). The maximum Gasteiger partial charge on any atom is 0.166 e. The highest BCUT2D eigenvalue weighted by Gasteiger charge is 2.03. The molecule has 0 fully saturated rings. The molecule has 0 aliphatic heterocycles. The van der Waals surface area contributed by atoms with Crippen LogP contribution in [0.1, 0.15) is 5.56 Å². The summed E-state index contributed by atoms with van der Waals surface area (Å²) in [6, 6.07) is 8.37. The van der Waals surface area contributed by atoms with E-state index >= 15 is 0 Å². The van der Waals surface area contributed by atoms with E-state index in [2.05, 4.69) is 54.1 Å². The van der Waals surface area contributed by atoms with Gasteiger partial charge in [0.2, 0.25) is 0 Å². The van der Waals surface area contributed by atoms with Gasteiger partial charge in [-0.15, -0.1) is 0 Å². The van der Waals surface area contributed by atoms with Crippen LogP contribution in [0.25, 0.3) is 10.9 Å². The van der Waals surface area contributed by atoms with Crippen molar-refractivity contribution in [3.05, 3.63) is 36.0 Å². The molecule has 0 spiro atoms. The minimum Gasteiger partial charge on any atom is -0.362 e. The summed E-state index contributed by atoms with van der Waals surface area (Å²) in [5.74, 6) is 0. The molecular weight excluding hydrogens is 268 g/mol. The van der Waals surface area contributed by atoms with Crippen molar-refractivity contribution >= 4 is 28.2 Å². The summed E-state index contributed by atoms with van der Waals surface area (Å²) < 4.78 is 0. The lowest BCUT2D eigenvalue weighted by Gasteiger charge is -2.11. The van der Waals surface area contributed by atoms with Crippen molar-refractivity contribution in [3.63, 3.8) is 0 Å². The van der Waals surface area contributed by atoms with Crippen LogP contribution in [-0.2, 0) is 6.42 Å². The highest BCUT2D eigenvalue weighted by molar-refractivity contribution is 7.80. The van der Waals surface area contributed by atoms with Gasteiger partial charge >= 0.3 is 0 Å². The Balaban J connectivity index is 1.74. The summed E-state index contributed by atoms with van der Waals surface area (Å²) in [5, 5.41) is 8.52. The Kier molecular flexibility index (Phi) is 5.38. The third kappa shape index (κ3) is 4.21. The van der Waals surface area contributed by atoms with Crippen molar-refractivity contribution in [2.24, 2.45) is 0 Å². The Hall–Kier alpha value is -1.59. The summed E-state index contributed by atoms with van der Waals surface area (Å²) in [6.45, 7) is 2.81. The second-order valence-corrected chi connectivity index (χ2v) is 5.66. The number of aromatic nitrogens is 1. The fourth-order valence-electron chi connectivity index (χ4n) is 2.14. The van der Waals surface area contributed by atoms with Gasteiger partial charge in [0.15, 0.2) is 5.11 Å². The van der Waals surface area contributed by atoms with Gasteiger partial charge in [-0.05, 0) is 30.3 Å². The van der Waals surface area contributed by atoms with Crippen molar-refractivity contribution in [3.8, 4) is 0 Å². The monoisotopic (exact) mass is 291 g/mol. The number of para-hydroxylation sites is 1. The van der Waals surface area contributed by atoms with Crippen LogP contribution in [0.3, 0.4) is 0 Å². The van der Waals surface area contributed by atoms with Gasteiger partial charge in [0.25, 0.3) is 0 Å². The molecule has 0 radical (unpaired) electrons. The quantitative estimate of drug-likeness (QED) is 0.580. The second kappa shape index (κ2) is 7.26. The maximum atomic E-state index is 5.26. The molecule has 4 N–H and O–H groups in total. The van der Waals surface area contributed by atoms with Gasteiger partial charge in [0, 0.05) is 23.6 Å². The van der Waals surface area contributed by atoms with E-state index in [1.165, 1.54) is 21.4 Å². The smallest absolute Gasteiger partial charge is 0.166 e. The van der Waals surface area contributed by atoms with E-state index in [9.17, 15) is 0 Å². The first-order chi connectivity index (χ1) is 9.66. The topological polar surface area (TPSA) is 44.3 Å². The van der Waals surface area contributed by atoms with E-state index in [1.807, 2.05) is 6.07 Å². The lowest BCUT2D eigenvalue weighted by Crippen LogP contribution is -3.06. The summed E-state index contributed by atoms with van der Waals surface area (Å²) in [6.07, 6.45) is 3.04. The van der Waals surface area contributed by atoms with Crippen LogP contribution in [0, 0.1) is 0 Å². The van der Waals surface area contributed by atoms with Gasteiger partial charge in [-0.2, -0.15) is 0 Å². The number of hydrogen-bond acceptors (Lipinski definition) is 1. The predicted octanol–water partition coefficient (Wildman–Crippen LogP) is 0.319. The number of fused-ring (bicyclic) bond motifs is 1. The van der Waals surface area contributed by atoms with Gasteiger partial charge in [-0.1, -0.05) is 18.2 Å². The van der Waals surface area contributed by atoms with Gasteiger partial charge in [0.05, 0.1) is 27.2 Å². The van der Waals surface area contributed by atoms with E-state index in [1.54, 1.807) is 0 Å². The molecule has 108 valence electrons. The highest BCUT2D eigenvalue weighted by Crippen LogP contribution is 2.17. The molecule has 0 saturated carbocycles. The number of likely N-dealkylation sites (N-methyl/N-ethyl adjacent to an activating group) is 1. The first kappa shape index (κ1) is 14.8. The van der Waals surface area contributed by atoms with Crippen molar-refractivity contribution in [1.82, 2.24) is 15.6 Å². The first-order valence-corrected chi connectivity index (χ1v) is 7.43. The van der Waals surface area contributed by atoms with Crippen LogP contribution >= 0.6 is 12.2 Å². The summed E-state index contributed by atoms with van der Waals surface area (Å²) in [4.78, 5) is 4.71. The average molecular weight is 291 g/mol. The highest BCUT2D eigenvalue weighted by atomic mass is 32.1. The zero-order valence-corrected chi connectivity index (χ0v) is 12.9. The molecule has 1 aromatic carbocycles. The number of thiocarbonyl (C=S) groups is 1. The number of quaternary nitrogens is 1. The molecule has 0 saturated heterocycles. The number of H-pyrrole nitrogens is 1. The molecule has 0 unspecified atom stereocenters. The molecule has 1 aromatic heterocycles. The molecule has 0 amide bonds. The zero-order chi connectivity index (χ0) is 14.4. The van der Waals surface area contributed by atoms with E-state index < -0.39 is 0 Å². The summed E-state index contributed by atoms with van der Waals surface area (Å²) >= 11 is 5.26. The Morgan fingerprint density at radius 2 is 1.95 bits per heavy atom. The lowest BCUT2D eigenvalue weighted by atomic mass is 10.1. The number of aromatic amines is 1. The van der Waals surface area contributed by atoms with Crippen LogP contribution in [0.5, 0.6) is 0 Å².